The molecule has 0 unspecified atom stereocenters. The van der Waals surface area contributed by atoms with Crippen molar-refractivity contribution in [3.8, 4) is 5.75 Å². The van der Waals surface area contributed by atoms with Crippen molar-refractivity contribution in [3.05, 3.63) is 30.1 Å². The molecule has 0 spiro atoms. The average molecular weight is 497 g/mol. The van der Waals surface area contributed by atoms with E-state index in [1.807, 2.05) is 6.92 Å². The van der Waals surface area contributed by atoms with Gasteiger partial charge in [0.05, 0.1) is 32.9 Å². The number of ether oxygens (including phenoxy) is 3. The quantitative estimate of drug-likeness (QED) is 0.179. The van der Waals surface area contributed by atoms with Gasteiger partial charge in [0.25, 0.3) is 0 Å². The number of nitrogens with one attached hydrogen (secondary N) is 2. The number of aliphatic imine (C=N–C) groups is 1. The number of nitrogens with zero attached hydrogens (tertiary/aromatic N) is 1. The first-order valence-corrected chi connectivity index (χ1v) is 9.32. The molecule has 0 heterocycles. The molecule has 0 atom stereocenters. The van der Waals surface area contributed by atoms with Crippen molar-refractivity contribution in [3.63, 3.8) is 0 Å². The molecular formula is C19H33FIN3O3. The highest BCUT2D eigenvalue weighted by Gasteiger charge is 1.99. The van der Waals surface area contributed by atoms with E-state index in [4.69, 9.17) is 14.2 Å². The van der Waals surface area contributed by atoms with Gasteiger partial charge in [0.15, 0.2) is 5.96 Å². The lowest BCUT2D eigenvalue weighted by Crippen LogP contribution is -2.39. The summed E-state index contributed by atoms with van der Waals surface area (Å²) >= 11 is 0. The average Bonchev–Trinajstić information content (AvgIpc) is 2.64. The van der Waals surface area contributed by atoms with Crippen LogP contribution in [0.1, 0.15) is 26.7 Å². The van der Waals surface area contributed by atoms with Gasteiger partial charge < -0.3 is 24.8 Å². The molecule has 156 valence electrons. The zero-order valence-electron chi connectivity index (χ0n) is 16.3. The molecule has 0 aliphatic carbocycles. The molecule has 8 heteroatoms. The van der Waals surface area contributed by atoms with Gasteiger partial charge in [0.1, 0.15) is 18.2 Å². The van der Waals surface area contributed by atoms with Gasteiger partial charge in [-0.05, 0) is 25.5 Å². The van der Waals surface area contributed by atoms with Crippen molar-refractivity contribution in [1.29, 1.82) is 0 Å². The van der Waals surface area contributed by atoms with Gasteiger partial charge in [-0.3, -0.25) is 4.99 Å². The largest absolute Gasteiger partial charge is 0.492 e. The molecule has 0 aliphatic rings. The van der Waals surface area contributed by atoms with E-state index in [1.54, 1.807) is 12.1 Å². The highest BCUT2D eigenvalue weighted by molar-refractivity contribution is 14.0. The molecule has 1 rings (SSSR count). The number of guanidine groups is 1. The summed E-state index contributed by atoms with van der Waals surface area (Å²) in [7, 11) is 0. The summed E-state index contributed by atoms with van der Waals surface area (Å²) in [6.45, 7) is 9.01. The van der Waals surface area contributed by atoms with Gasteiger partial charge in [0.2, 0.25) is 0 Å². The molecule has 0 bridgehead atoms. The van der Waals surface area contributed by atoms with E-state index in [-0.39, 0.29) is 29.8 Å². The minimum atomic E-state index is -0.305. The van der Waals surface area contributed by atoms with Crippen molar-refractivity contribution >= 4 is 29.9 Å². The molecule has 0 aliphatic heterocycles. The molecule has 1 aromatic rings. The van der Waals surface area contributed by atoms with Crippen molar-refractivity contribution in [2.45, 2.75) is 26.7 Å². The van der Waals surface area contributed by atoms with E-state index in [1.165, 1.54) is 12.1 Å². The van der Waals surface area contributed by atoms with Crippen LogP contribution in [0.5, 0.6) is 5.75 Å². The lowest BCUT2D eigenvalue weighted by molar-refractivity contribution is 0.0497. The number of hydrogen-bond donors (Lipinski definition) is 2. The summed E-state index contributed by atoms with van der Waals surface area (Å²) < 4.78 is 29.5. The van der Waals surface area contributed by atoms with Gasteiger partial charge in [-0.1, -0.05) is 19.4 Å². The Hall–Kier alpha value is -1.13. The second-order valence-electron chi connectivity index (χ2n) is 5.57. The number of halogens is 2. The highest BCUT2D eigenvalue weighted by Crippen LogP contribution is 2.11. The first-order chi connectivity index (χ1) is 12.8. The Balaban J connectivity index is 0.00000676. The van der Waals surface area contributed by atoms with E-state index in [0.717, 1.165) is 26.0 Å². The molecule has 0 amide bonds. The minimum absolute atomic E-state index is 0. The first-order valence-electron chi connectivity index (χ1n) is 9.32. The third kappa shape index (κ3) is 14.6. The van der Waals surface area contributed by atoms with Crippen LogP contribution in [0.4, 0.5) is 4.39 Å². The van der Waals surface area contributed by atoms with Gasteiger partial charge >= 0.3 is 0 Å². The molecule has 0 radical (unpaired) electrons. The molecule has 0 fully saturated rings. The van der Waals surface area contributed by atoms with E-state index in [2.05, 4.69) is 22.5 Å². The maximum absolute atomic E-state index is 13.1. The molecule has 2 N–H and O–H groups in total. The predicted octanol–water partition coefficient (Wildman–Crippen LogP) is 3.21. The van der Waals surface area contributed by atoms with Crippen LogP contribution in [-0.4, -0.2) is 58.6 Å². The highest BCUT2D eigenvalue weighted by atomic mass is 127. The number of unbranched alkanes of at least 4 members (excludes halogenated alkanes) is 1. The summed E-state index contributed by atoms with van der Waals surface area (Å²) in [5.74, 6) is 0.919. The van der Waals surface area contributed by atoms with Crippen LogP contribution in [0.15, 0.2) is 29.3 Å². The topological polar surface area (TPSA) is 64.1 Å². The Morgan fingerprint density at radius 3 is 2.52 bits per heavy atom. The van der Waals surface area contributed by atoms with Crippen LogP contribution >= 0.6 is 24.0 Å². The fourth-order valence-electron chi connectivity index (χ4n) is 2.03. The Labute approximate surface area is 179 Å². The van der Waals surface area contributed by atoms with Gasteiger partial charge in [0, 0.05) is 19.2 Å². The summed E-state index contributed by atoms with van der Waals surface area (Å²) in [5, 5.41) is 6.33. The van der Waals surface area contributed by atoms with Gasteiger partial charge in [-0.25, -0.2) is 4.39 Å². The van der Waals surface area contributed by atoms with Crippen LogP contribution in [0.25, 0.3) is 0 Å². The second kappa shape index (κ2) is 18.2. The zero-order chi connectivity index (χ0) is 18.9. The molecule has 1 aromatic carbocycles. The zero-order valence-corrected chi connectivity index (χ0v) is 18.7. The normalized spacial score (nSPS) is 11.0. The van der Waals surface area contributed by atoms with Crippen LogP contribution in [-0.2, 0) is 9.47 Å². The van der Waals surface area contributed by atoms with Gasteiger partial charge in [-0.15, -0.1) is 24.0 Å². The maximum atomic E-state index is 13.1. The lowest BCUT2D eigenvalue weighted by atomic mass is 10.3. The van der Waals surface area contributed by atoms with Crippen LogP contribution in [0, 0.1) is 5.82 Å². The number of benzene rings is 1. The van der Waals surface area contributed by atoms with Crippen molar-refractivity contribution in [2.75, 3.05) is 52.7 Å². The van der Waals surface area contributed by atoms with E-state index in [0.29, 0.717) is 51.2 Å². The van der Waals surface area contributed by atoms with E-state index < -0.39 is 0 Å². The Morgan fingerprint density at radius 1 is 1.04 bits per heavy atom. The molecule has 27 heavy (non-hydrogen) atoms. The summed E-state index contributed by atoms with van der Waals surface area (Å²) in [5.41, 5.74) is 0. The molecule has 0 saturated carbocycles. The second-order valence-corrected chi connectivity index (χ2v) is 5.57. The minimum Gasteiger partial charge on any atom is -0.492 e. The smallest absolute Gasteiger partial charge is 0.191 e. The Kier molecular flexibility index (Phi) is 17.5. The fraction of sp³-hybridized carbons (Fsp3) is 0.632. The fourth-order valence-corrected chi connectivity index (χ4v) is 2.03. The van der Waals surface area contributed by atoms with E-state index in [9.17, 15) is 4.39 Å². The number of hydrogen-bond acceptors (Lipinski definition) is 4. The SMILES string of the molecule is CCCCOCCOCCN=C(NCC)NCCOc1cccc(F)c1.I. The lowest BCUT2D eigenvalue weighted by Gasteiger charge is -2.12. The third-order valence-corrected chi connectivity index (χ3v) is 3.32. The third-order valence-electron chi connectivity index (χ3n) is 3.32. The molecular weight excluding hydrogens is 464 g/mol. The van der Waals surface area contributed by atoms with Crippen LogP contribution in [0.3, 0.4) is 0 Å². The van der Waals surface area contributed by atoms with Crippen LogP contribution < -0.4 is 15.4 Å². The van der Waals surface area contributed by atoms with Crippen molar-refractivity contribution in [2.24, 2.45) is 4.99 Å². The standard InChI is InChI=1S/C19H32FN3O3.HI/c1-3-5-11-24-14-15-25-12-9-22-19(21-4-2)23-10-13-26-18-8-6-7-17(20)16-18;/h6-8,16H,3-5,9-15H2,1-2H3,(H2,21,22,23);1H. The summed E-state index contributed by atoms with van der Waals surface area (Å²) in [6, 6.07) is 6.10. The van der Waals surface area contributed by atoms with Crippen LogP contribution in [0.2, 0.25) is 0 Å². The van der Waals surface area contributed by atoms with E-state index >= 15 is 0 Å². The Bertz CT molecular complexity index is 507. The Morgan fingerprint density at radius 2 is 1.81 bits per heavy atom. The van der Waals surface area contributed by atoms with Crippen molar-refractivity contribution in [1.82, 2.24) is 10.6 Å². The summed E-state index contributed by atoms with van der Waals surface area (Å²) in [6.07, 6.45) is 2.23. The summed E-state index contributed by atoms with van der Waals surface area (Å²) in [4.78, 5) is 4.43. The maximum Gasteiger partial charge on any atom is 0.191 e. The molecule has 0 aromatic heterocycles. The van der Waals surface area contributed by atoms with Crippen molar-refractivity contribution < 1.29 is 18.6 Å². The first kappa shape index (κ1) is 25.9. The molecule has 6 nitrogen and oxygen atoms in total. The molecule has 0 saturated heterocycles. The monoisotopic (exact) mass is 497 g/mol. The predicted molar refractivity (Wildman–Crippen MR) is 118 cm³/mol. The van der Waals surface area contributed by atoms with Gasteiger partial charge in [-0.2, -0.15) is 0 Å². The number of rotatable bonds is 14.